The number of hydrogen-bond donors (Lipinski definition) is 3. The molecule has 2 unspecified atom stereocenters. The number of rotatable bonds is 8. The van der Waals surface area contributed by atoms with Crippen LogP contribution in [-0.4, -0.2) is 50.8 Å². The van der Waals surface area contributed by atoms with E-state index in [-0.39, 0.29) is 0 Å². The van der Waals surface area contributed by atoms with E-state index in [1.54, 1.807) is 18.7 Å². The summed E-state index contributed by atoms with van der Waals surface area (Å²) in [6.45, 7) is 3.42. The van der Waals surface area contributed by atoms with Crippen molar-refractivity contribution in [3.05, 3.63) is 66.5 Å². The summed E-state index contributed by atoms with van der Waals surface area (Å²) in [6.07, 6.45) is 12.3. The molecule has 32 heavy (non-hydrogen) atoms. The fourth-order valence-electron chi connectivity index (χ4n) is 4.51. The van der Waals surface area contributed by atoms with Gasteiger partial charge < -0.3 is 15.4 Å². The zero-order valence-electron chi connectivity index (χ0n) is 18.1. The molecule has 1 saturated carbocycles. The van der Waals surface area contributed by atoms with Gasteiger partial charge in [0.25, 0.3) is 0 Å². The van der Waals surface area contributed by atoms with Crippen LogP contribution in [0.4, 0.5) is 5.95 Å². The van der Waals surface area contributed by atoms with Gasteiger partial charge in [-0.3, -0.25) is 0 Å². The maximum atomic E-state index is 8.77. The Morgan fingerprint density at radius 1 is 0.938 bits per heavy atom. The Balaban J connectivity index is 1.06. The molecule has 2 aliphatic rings. The molecule has 1 saturated heterocycles. The molecule has 0 bridgehead atoms. The molecule has 1 aliphatic carbocycles. The van der Waals surface area contributed by atoms with Crippen LogP contribution in [0.2, 0.25) is 0 Å². The van der Waals surface area contributed by atoms with Crippen molar-refractivity contribution in [3.63, 3.8) is 0 Å². The second-order valence-electron chi connectivity index (χ2n) is 8.76. The summed E-state index contributed by atoms with van der Waals surface area (Å²) in [4.78, 5) is 19.3. The standard InChI is InChI=1S/C24H29N7O/c32-30-13-18-11-28-24(29-12-18)31-7-5-17(6-8-31)10-27-23-9-22(23)20-3-1-19(2-4-20)21-14-25-16-26-15-21/h1-4,11-12,14-17,22-23,27,30,32H,5-10,13H2. The van der Waals surface area contributed by atoms with Crippen molar-refractivity contribution in [2.24, 2.45) is 5.92 Å². The van der Waals surface area contributed by atoms with Gasteiger partial charge >= 0.3 is 0 Å². The van der Waals surface area contributed by atoms with Crippen LogP contribution in [0.25, 0.3) is 11.1 Å². The van der Waals surface area contributed by atoms with Crippen LogP contribution in [0.5, 0.6) is 0 Å². The molecule has 1 aliphatic heterocycles. The fourth-order valence-corrected chi connectivity index (χ4v) is 4.51. The lowest BCUT2D eigenvalue weighted by Gasteiger charge is -2.32. The van der Waals surface area contributed by atoms with Gasteiger partial charge in [-0.25, -0.2) is 25.4 Å². The smallest absolute Gasteiger partial charge is 0.225 e. The zero-order chi connectivity index (χ0) is 21.8. The second kappa shape index (κ2) is 9.68. The quantitative estimate of drug-likeness (QED) is 0.468. The summed E-state index contributed by atoms with van der Waals surface area (Å²) < 4.78 is 0. The van der Waals surface area contributed by atoms with Gasteiger partial charge in [0.2, 0.25) is 5.95 Å². The lowest BCUT2D eigenvalue weighted by atomic mass is 9.97. The Morgan fingerprint density at radius 2 is 1.66 bits per heavy atom. The maximum absolute atomic E-state index is 8.77. The Kier molecular flexibility index (Phi) is 6.34. The van der Waals surface area contributed by atoms with Gasteiger partial charge in [-0.05, 0) is 42.9 Å². The van der Waals surface area contributed by atoms with Crippen molar-refractivity contribution in [3.8, 4) is 11.1 Å². The molecule has 0 amide bonds. The molecular formula is C24H29N7O. The van der Waals surface area contributed by atoms with E-state index >= 15 is 0 Å². The highest BCUT2D eigenvalue weighted by atomic mass is 16.5. The molecule has 3 heterocycles. The molecule has 0 radical (unpaired) electrons. The second-order valence-corrected chi connectivity index (χ2v) is 8.76. The van der Waals surface area contributed by atoms with Crippen molar-refractivity contribution in [2.45, 2.75) is 37.8 Å². The van der Waals surface area contributed by atoms with Crippen molar-refractivity contribution in [2.75, 3.05) is 24.5 Å². The summed E-state index contributed by atoms with van der Waals surface area (Å²) in [6, 6.07) is 9.43. The third kappa shape index (κ3) is 4.93. The van der Waals surface area contributed by atoms with E-state index in [9.17, 15) is 0 Å². The zero-order valence-corrected chi connectivity index (χ0v) is 18.1. The van der Waals surface area contributed by atoms with Gasteiger partial charge in [0.1, 0.15) is 6.33 Å². The molecule has 2 fully saturated rings. The third-order valence-corrected chi connectivity index (χ3v) is 6.56. The minimum absolute atomic E-state index is 0.363. The number of benzene rings is 1. The van der Waals surface area contributed by atoms with Crippen molar-refractivity contribution in [1.29, 1.82) is 0 Å². The van der Waals surface area contributed by atoms with Crippen molar-refractivity contribution >= 4 is 5.95 Å². The van der Waals surface area contributed by atoms with Gasteiger partial charge in [-0.15, -0.1) is 0 Å². The van der Waals surface area contributed by atoms with Gasteiger partial charge in [-0.1, -0.05) is 24.3 Å². The third-order valence-electron chi connectivity index (χ3n) is 6.56. The number of nitrogens with zero attached hydrogens (tertiary/aromatic N) is 5. The molecule has 3 N–H and O–H groups in total. The van der Waals surface area contributed by atoms with Crippen LogP contribution in [0, 0.1) is 5.92 Å². The average Bonchev–Trinajstić information content (AvgIpc) is 3.64. The molecular weight excluding hydrogens is 402 g/mol. The first-order valence-electron chi connectivity index (χ1n) is 11.3. The molecule has 2 atom stereocenters. The van der Waals surface area contributed by atoms with Gasteiger partial charge in [0, 0.05) is 67.5 Å². The minimum Gasteiger partial charge on any atom is -0.341 e. The number of piperidine rings is 1. The molecule has 8 nitrogen and oxygen atoms in total. The van der Waals surface area contributed by atoms with E-state index in [0.29, 0.717) is 24.4 Å². The first-order valence-corrected chi connectivity index (χ1v) is 11.3. The fraction of sp³-hybridized carbons (Fsp3) is 0.417. The Labute approximate surface area is 188 Å². The highest BCUT2D eigenvalue weighted by Crippen LogP contribution is 2.41. The van der Waals surface area contributed by atoms with Crippen LogP contribution in [0.3, 0.4) is 0 Å². The Bertz CT molecular complexity index is 989. The number of nitrogens with one attached hydrogen (secondary N) is 2. The number of aromatic nitrogens is 4. The van der Waals surface area contributed by atoms with E-state index in [2.05, 4.69) is 59.9 Å². The largest absolute Gasteiger partial charge is 0.341 e. The average molecular weight is 432 g/mol. The van der Waals surface area contributed by atoms with Gasteiger partial charge in [0.05, 0.1) is 0 Å². The minimum atomic E-state index is 0.363. The molecule has 1 aromatic carbocycles. The van der Waals surface area contributed by atoms with E-state index in [0.717, 1.165) is 55.1 Å². The summed E-state index contributed by atoms with van der Waals surface area (Å²) >= 11 is 0. The topological polar surface area (TPSA) is 99.1 Å². The predicted molar refractivity (Wildman–Crippen MR) is 122 cm³/mol. The van der Waals surface area contributed by atoms with E-state index < -0.39 is 0 Å². The van der Waals surface area contributed by atoms with Crippen molar-refractivity contribution < 1.29 is 5.21 Å². The molecule has 8 heteroatoms. The Morgan fingerprint density at radius 3 is 2.34 bits per heavy atom. The number of hydroxylamine groups is 1. The first kappa shape index (κ1) is 20.9. The summed E-state index contributed by atoms with van der Waals surface area (Å²) in [5.41, 5.74) is 6.64. The molecule has 5 rings (SSSR count). The summed E-state index contributed by atoms with van der Waals surface area (Å²) in [5.74, 6) is 2.10. The highest BCUT2D eigenvalue weighted by Gasteiger charge is 2.38. The number of hydrogen-bond acceptors (Lipinski definition) is 8. The predicted octanol–water partition coefficient (Wildman–Crippen LogP) is 2.77. The van der Waals surface area contributed by atoms with E-state index in [4.69, 9.17) is 5.21 Å². The number of anilines is 1. The van der Waals surface area contributed by atoms with Gasteiger partial charge in [-0.2, -0.15) is 0 Å². The SMILES string of the molecule is ONCc1cnc(N2CCC(CNC3CC3c3ccc(-c4cncnc4)cc3)CC2)nc1. The monoisotopic (exact) mass is 431 g/mol. The Hall–Kier alpha value is -2.94. The van der Waals surface area contributed by atoms with Crippen LogP contribution in [0.15, 0.2) is 55.4 Å². The normalized spacial score (nSPS) is 21.0. The summed E-state index contributed by atoms with van der Waals surface area (Å²) in [5, 5.41) is 12.6. The molecule has 2 aromatic heterocycles. The van der Waals surface area contributed by atoms with Crippen molar-refractivity contribution in [1.82, 2.24) is 30.7 Å². The van der Waals surface area contributed by atoms with E-state index in [1.807, 2.05) is 12.4 Å². The first-order chi connectivity index (χ1) is 15.8. The molecule has 3 aromatic rings. The maximum Gasteiger partial charge on any atom is 0.225 e. The van der Waals surface area contributed by atoms with Crippen LogP contribution in [-0.2, 0) is 6.54 Å². The highest BCUT2D eigenvalue weighted by molar-refractivity contribution is 5.61. The lowest BCUT2D eigenvalue weighted by molar-refractivity contribution is 0.161. The van der Waals surface area contributed by atoms with Crippen LogP contribution >= 0.6 is 0 Å². The molecule has 0 spiro atoms. The van der Waals surface area contributed by atoms with E-state index in [1.165, 1.54) is 12.0 Å². The van der Waals surface area contributed by atoms with Crippen LogP contribution in [0.1, 0.15) is 36.3 Å². The van der Waals surface area contributed by atoms with Gasteiger partial charge in [0.15, 0.2) is 0 Å². The lowest BCUT2D eigenvalue weighted by Crippen LogP contribution is -2.38. The molecule has 166 valence electrons. The van der Waals surface area contributed by atoms with Crippen LogP contribution < -0.4 is 15.7 Å². The summed E-state index contributed by atoms with van der Waals surface area (Å²) in [7, 11) is 0.